The van der Waals surface area contributed by atoms with Crippen LogP contribution in [0.5, 0.6) is 0 Å². The summed E-state index contributed by atoms with van der Waals surface area (Å²) in [4.78, 5) is 20.6. The van der Waals surface area contributed by atoms with E-state index in [2.05, 4.69) is 5.32 Å². The highest BCUT2D eigenvalue weighted by Crippen LogP contribution is 2.08. The summed E-state index contributed by atoms with van der Waals surface area (Å²) in [7, 11) is 0. The van der Waals surface area contributed by atoms with Crippen LogP contribution in [0.3, 0.4) is 0 Å². The minimum Gasteiger partial charge on any atom is -0.294 e. The van der Waals surface area contributed by atoms with Gasteiger partial charge in [-0.2, -0.15) is 0 Å². The SMILES string of the molecule is O=C1CCCCC([N+](=O)[O-])N1. The highest BCUT2D eigenvalue weighted by molar-refractivity contribution is 5.76. The van der Waals surface area contributed by atoms with E-state index in [1.54, 1.807) is 0 Å². The van der Waals surface area contributed by atoms with E-state index in [-0.39, 0.29) is 5.91 Å². The molecule has 5 heteroatoms. The van der Waals surface area contributed by atoms with Crippen LogP contribution >= 0.6 is 0 Å². The standard InChI is InChI=1S/C6H10N2O3/c9-6-4-2-1-3-5(7-6)8(10)11/h5H,1-4H2,(H,7,9). The van der Waals surface area contributed by atoms with Gasteiger partial charge in [0.2, 0.25) is 5.91 Å². The lowest BCUT2D eigenvalue weighted by atomic mass is 10.2. The van der Waals surface area contributed by atoms with Crippen molar-refractivity contribution in [2.24, 2.45) is 0 Å². The van der Waals surface area contributed by atoms with Crippen molar-refractivity contribution in [2.75, 3.05) is 0 Å². The number of hydrogen-bond donors (Lipinski definition) is 1. The van der Waals surface area contributed by atoms with Crippen molar-refractivity contribution in [3.05, 3.63) is 10.1 Å². The molecule has 0 aliphatic carbocycles. The van der Waals surface area contributed by atoms with Crippen LogP contribution in [0.25, 0.3) is 0 Å². The molecule has 1 N–H and O–H groups in total. The molecule has 0 bridgehead atoms. The Hall–Kier alpha value is -1.13. The number of nitrogens with zero attached hydrogens (tertiary/aromatic N) is 1. The highest BCUT2D eigenvalue weighted by Gasteiger charge is 2.24. The van der Waals surface area contributed by atoms with Gasteiger partial charge in [0.1, 0.15) is 0 Å². The van der Waals surface area contributed by atoms with E-state index < -0.39 is 11.1 Å². The first-order valence-electron chi connectivity index (χ1n) is 3.63. The average Bonchev–Trinajstić information content (AvgIpc) is 2.13. The van der Waals surface area contributed by atoms with Crippen LogP contribution in [-0.4, -0.2) is 17.0 Å². The van der Waals surface area contributed by atoms with E-state index in [4.69, 9.17) is 0 Å². The molecule has 1 amide bonds. The van der Waals surface area contributed by atoms with Crippen molar-refractivity contribution in [3.63, 3.8) is 0 Å². The maximum atomic E-state index is 10.8. The third-order valence-corrected chi connectivity index (χ3v) is 1.71. The van der Waals surface area contributed by atoms with Crippen molar-refractivity contribution in [3.8, 4) is 0 Å². The topological polar surface area (TPSA) is 72.2 Å². The van der Waals surface area contributed by atoms with Gasteiger partial charge in [-0.3, -0.25) is 20.2 Å². The summed E-state index contributed by atoms with van der Waals surface area (Å²) in [5, 5.41) is 12.6. The largest absolute Gasteiger partial charge is 0.294 e. The van der Waals surface area contributed by atoms with Gasteiger partial charge in [0, 0.05) is 17.8 Å². The zero-order valence-electron chi connectivity index (χ0n) is 6.08. The molecule has 0 spiro atoms. The first-order chi connectivity index (χ1) is 5.20. The molecule has 62 valence electrons. The number of amides is 1. The lowest BCUT2D eigenvalue weighted by Crippen LogP contribution is -2.38. The molecule has 5 nitrogen and oxygen atoms in total. The molecule has 0 aromatic heterocycles. The Morgan fingerprint density at radius 1 is 1.55 bits per heavy atom. The average molecular weight is 158 g/mol. The second-order valence-electron chi connectivity index (χ2n) is 2.61. The van der Waals surface area contributed by atoms with Crippen LogP contribution in [0.2, 0.25) is 0 Å². The maximum absolute atomic E-state index is 10.8. The zero-order valence-corrected chi connectivity index (χ0v) is 6.08. The van der Waals surface area contributed by atoms with Gasteiger partial charge in [-0.15, -0.1) is 0 Å². The summed E-state index contributed by atoms with van der Waals surface area (Å²) in [6.45, 7) is 0. The van der Waals surface area contributed by atoms with Crippen molar-refractivity contribution in [1.29, 1.82) is 0 Å². The molecule has 1 rings (SSSR count). The lowest BCUT2D eigenvalue weighted by Gasteiger charge is -2.05. The fourth-order valence-electron chi connectivity index (χ4n) is 1.11. The van der Waals surface area contributed by atoms with Gasteiger partial charge in [-0.1, -0.05) is 0 Å². The predicted molar refractivity (Wildman–Crippen MR) is 37.4 cm³/mol. The highest BCUT2D eigenvalue weighted by atomic mass is 16.6. The molecule has 1 heterocycles. The van der Waals surface area contributed by atoms with Crippen LogP contribution in [0, 0.1) is 10.1 Å². The van der Waals surface area contributed by atoms with Gasteiger partial charge in [-0.05, 0) is 12.8 Å². The quantitative estimate of drug-likeness (QED) is 0.440. The second-order valence-corrected chi connectivity index (χ2v) is 2.61. The molecule has 0 saturated carbocycles. The van der Waals surface area contributed by atoms with E-state index in [0.29, 0.717) is 12.8 Å². The fourth-order valence-corrected chi connectivity index (χ4v) is 1.11. The molecule has 0 radical (unpaired) electrons. The Morgan fingerprint density at radius 3 is 2.91 bits per heavy atom. The Bertz CT molecular complexity index is 181. The Morgan fingerprint density at radius 2 is 2.27 bits per heavy atom. The maximum Gasteiger partial charge on any atom is 0.286 e. The summed E-state index contributed by atoms with van der Waals surface area (Å²) in [6.07, 6.45) is 1.54. The molecule has 11 heavy (non-hydrogen) atoms. The molecule has 1 aliphatic heterocycles. The summed E-state index contributed by atoms with van der Waals surface area (Å²) in [5.74, 6) is -0.204. The molecule has 1 unspecified atom stereocenters. The van der Waals surface area contributed by atoms with Crippen molar-refractivity contribution < 1.29 is 9.72 Å². The Kier molecular flexibility index (Phi) is 2.40. The van der Waals surface area contributed by atoms with Gasteiger partial charge in [-0.25, -0.2) is 0 Å². The second kappa shape index (κ2) is 3.32. The van der Waals surface area contributed by atoms with Crippen LogP contribution in [0.1, 0.15) is 25.7 Å². The van der Waals surface area contributed by atoms with E-state index in [1.807, 2.05) is 0 Å². The molecule has 1 fully saturated rings. The van der Waals surface area contributed by atoms with E-state index in [0.717, 1.165) is 12.8 Å². The summed E-state index contributed by atoms with van der Waals surface area (Å²) in [5.41, 5.74) is 0. The van der Waals surface area contributed by atoms with Gasteiger partial charge in [0.05, 0.1) is 0 Å². The van der Waals surface area contributed by atoms with Crippen LogP contribution in [-0.2, 0) is 4.79 Å². The third kappa shape index (κ3) is 2.18. The molecule has 0 aromatic carbocycles. The monoisotopic (exact) mass is 158 g/mol. The fraction of sp³-hybridized carbons (Fsp3) is 0.833. The van der Waals surface area contributed by atoms with E-state index in [9.17, 15) is 14.9 Å². The molecule has 1 saturated heterocycles. The molecule has 0 aromatic rings. The van der Waals surface area contributed by atoms with Crippen molar-refractivity contribution in [2.45, 2.75) is 31.8 Å². The molecule has 1 atom stereocenters. The summed E-state index contributed by atoms with van der Waals surface area (Å²) >= 11 is 0. The number of nitro groups is 1. The van der Waals surface area contributed by atoms with Crippen molar-refractivity contribution in [1.82, 2.24) is 5.32 Å². The van der Waals surface area contributed by atoms with Crippen LogP contribution in [0.15, 0.2) is 0 Å². The number of nitrogens with one attached hydrogen (secondary N) is 1. The summed E-state index contributed by atoms with van der Waals surface area (Å²) < 4.78 is 0. The molecular formula is C6H10N2O3. The Labute approximate surface area is 63.9 Å². The lowest BCUT2D eigenvalue weighted by molar-refractivity contribution is -0.527. The zero-order chi connectivity index (χ0) is 8.27. The summed E-state index contributed by atoms with van der Waals surface area (Å²) in [6, 6.07) is 0. The number of carbonyl (C=O) groups excluding carboxylic acids is 1. The first kappa shape index (κ1) is 7.97. The van der Waals surface area contributed by atoms with Gasteiger partial charge >= 0.3 is 0 Å². The number of carbonyl (C=O) groups is 1. The Balaban J connectivity index is 2.52. The normalized spacial score (nSPS) is 25.5. The molecule has 1 aliphatic rings. The van der Waals surface area contributed by atoms with Gasteiger partial charge < -0.3 is 0 Å². The van der Waals surface area contributed by atoms with Gasteiger partial charge in [0.15, 0.2) is 0 Å². The minimum atomic E-state index is -0.856. The van der Waals surface area contributed by atoms with E-state index >= 15 is 0 Å². The minimum absolute atomic E-state index is 0.204. The van der Waals surface area contributed by atoms with Crippen LogP contribution < -0.4 is 5.32 Å². The third-order valence-electron chi connectivity index (χ3n) is 1.71. The smallest absolute Gasteiger partial charge is 0.286 e. The predicted octanol–water partition coefficient (Wildman–Crippen LogP) is 0.279. The molecular weight excluding hydrogens is 148 g/mol. The van der Waals surface area contributed by atoms with E-state index in [1.165, 1.54) is 0 Å². The number of rotatable bonds is 1. The van der Waals surface area contributed by atoms with Crippen molar-refractivity contribution >= 4 is 5.91 Å². The first-order valence-corrected chi connectivity index (χ1v) is 3.63. The number of hydrogen-bond acceptors (Lipinski definition) is 3. The van der Waals surface area contributed by atoms with Crippen LogP contribution in [0.4, 0.5) is 0 Å². The van der Waals surface area contributed by atoms with Gasteiger partial charge in [0.25, 0.3) is 6.17 Å².